The van der Waals surface area contributed by atoms with Crippen LogP contribution >= 0.6 is 0 Å². The summed E-state index contributed by atoms with van der Waals surface area (Å²) < 4.78 is 10.0. The Hall–Kier alpha value is -1.43. The van der Waals surface area contributed by atoms with Crippen molar-refractivity contribution in [1.29, 1.82) is 0 Å². The summed E-state index contributed by atoms with van der Waals surface area (Å²) in [6.45, 7) is 3.49. The van der Waals surface area contributed by atoms with Gasteiger partial charge < -0.3 is 9.26 Å². The minimum atomic E-state index is -0.174. The summed E-state index contributed by atoms with van der Waals surface area (Å²) >= 11 is 0. The largest absolute Gasteiger partial charge is 0.468 e. The number of piperidine rings is 1. The highest BCUT2D eigenvalue weighted by Crippen LogP contribution is 2.20. The molecule has 1 aliphatic rings. The van der Waals surface area contributed by atoms with Gasteiger partial charge >= 0.3 is 5.97 Å². The normalized spacial score (nSPS) is 20.4. The Morgan fingerprint density at radius 3 is 3.11 bits per heavy atom. The van der Waals surface area contributed by atoms with Crippen molar-refractivity contribution in [1.82, 2.24) is 15.0 Å². The lowest BCUT2D eigenvalue weighted by molar-refractivity contribution is -0.148. The van der Waals surface area contributed by atoms with Crippen LogP contribution in [-0.4, -0.2) is 40.7 Å². The molecule has 1 aromatic rings. The minimum Gasteiger partial charge on any atom is -0.468 e. The van der Waals surface area contributed by atoms with E-state index in [1.165, 1.54) is 7.11 Å². The number of carbonyl (C=O) groups is 1. The van der Waals surface area contributed by atoms with Crippen molar-refractivity contribution in [3.05, 3.63) is 11.7 Å². The van der Waals surface area contributed by atoms with Crippen LogP contribution in [-0.2, 0) is 22.5 Å². The Labute approximate surface area is 113 Å². The summed E-state index contributed by atoms with van der Waals surface area (Å²) in [7, 11) is 1.43. The van der Waals surface area contributed by atoms with Crippen molar-refractivity contribution in [3.63, 3.8) is 0 Å². The number of aromatic nitrogens is 2. The molecule has 1 aliphatic heterocycles. The van der Waals surface area contributed by atoms with Crippen LogP contribution in [0.2, 0.25) is 0 Å². The molecular weight excluding hydrogens is 246 g/mol. The Balaban J connectivity index is 2.00. The molecule has 0 spiro atoms. The lowest BCUT2D eigenvalue weighted by atomic mass is 10.0. The summed E-state index contributed by atoms with van der Waals surface area (Å²) in [6, 6.07) is -0.174. The molecule has 0 saturated carbocycles. The van der Waals surface area contributed by atoms with E-state index in [4.69, 9.17) is 9.26 Å². The van der Waals surface area contributed by atoms with Crippen LogP contribution in [0, 0.1) is 0 Å². The summed E-state index contributed by atoms with van der Waals surface area (Å²) in [5, 5.41) is 3.97. The van der Waals surface area contributed by atoms with E-state index in [0.29, 0.717) is 18.3 Å². The number of hydrogen-bond donors (Lipinski definition) is 0. The van der Waals surface area contributed by atoms with E-state index in [2.05, 4.69) is 22.0 Å². The van der Waals surface area contributed by atoms with Gasteiger partial charge in [0.15, 0.2) is 5.82 Å². The third-order valence-electron chi connectivity index (χ3n) is 3.41. The summed E-state index contributed by atoms with van der Waals surface area (Å²) in [4.78, 5) is 18.2. The number of carbonyl (C=O) groups excluding carboxylic acids is 1. The number of likely N-dealkylation sites (tertiary alicyclic amines) is 1. The molecule has 0 bridgehead atoms. The molecule has 1 aromatic heterocycles. The fraction of sp³-hybridized carbons (Fsp3) is 0.769. The van der Waals surface area contributed by atoms with Crippen LogP contribution in [0.3, 0.4) is 0 Å². The third kappa shape index (κ3) is 3.53. The van der Waals surface area contributed by atoms with Gasteiger partial charge in [-0.2, -0.15) is 4.98 Å². The van der Waals surface area contributed by atoms with Crippen molar-refractivity contribution in [2.75, 3.05) is 13.7 Å². The molecule has 0 unspecified atom stereocenters. The topological polar surface area (TPSA) is 68.5 Å². The number of rotatable bonds is 5. The van der Waals surface area contributed by atoms with Crippen LogP contribution in [0.15, 0.2) is 4.52 Å². The molecule has 0 aliphatic carbocycles. The van der Waals surface area contributed by atoms with E-state index in [1.54, 1.807) is 0 Å². The van der Waals surface area contributed by atoms with Gasteiger partial charge in [-0.05, 0) is 25.8 Å². The molecule has 0 N–H and O–H groups in total. The second kappa shape index (κ2) is 6.65. The first-order chi connectivity index (χ1) is 9.24. The molecule has 2 rings (SSSR count). The van der Waals surface area contributed by atoms with Crippen LogP contribution in [0.25, 0.3) is 0 Å². The SMILES string of the molecule is CCCc1nc(CN2CCCC[C@@H]2C(=O)OC)no1. The van der Waals surface area contributed by atoms with Crippen molar-refractivity contribution >= 4 is 5.97 Å². The molecule has 1 atom stereocenters. The minimum absolute atomic E-state index is 0.169. The number of nitrogens with zero attached hydrogens (tertiary/aromatic N) is 3. The standard InChI is InChI=1S/C13H21N3O3/c1-3-6-12-14-11(15-19-12)9-16-8-5-4-7-10(16)13(17)18-2/h10H,3-9H2,1-2H3/t10-/m1/s1. The molecule has 1 fully saturated rings. The quantitative estimate of drug-likeness (QED) is 0.754. The maximum Gasteiger partial charge on any atom is 0.323 e. The average molecular weight is 267 g/mol. The number of esters is 1. The Kier molecular flexibility index (Phi) is 4.90. The molecule has 2 heterocycles. The first kappa shape index (κ1) is 14.0. The zero-order valence-corrected chi connectivity index (χ0v) is 11.6. The zero-order chi connectivity index (χ0) is 13.7. The molecule has 6 nitrogen and oxygen atoms in total. The third-order valence-corrected chi connectivity index (χ3v) is 3.41. The summed E-state index contributed by atoms with van der Waals surface area (Å²) in [5.74, 6) is 1.15. The van der Waals surface area contributed by atoms with E-state index >= 15 is 0 Å². The maximum atomic E-state index is 11.7. The fourth-order valence-electron chi connectivity index (χ4n) is 2.43. The van der Waals surface area contributed by atoms with Crippen LogP contribution in [0.1, 0.15) is 44.3 Å². The highest BCUT2D eigenvalue weighted by atomic mass is 16.5. The van der Waals surface area contributed by atoms with Crippen LogP contribution in [0.4, 0.5) is 0 Å². The number of aryl methyl sites for hydroxylation is 1. The van der Waals surface area contributed by atoms with Crippen molar-refractivity contribution < 1.29 is 14.1 Å². The van der Waals surface area contributed by atoms with E-state index in [0.717, 1.165) is 38.6 Å². The highest BCUT2D eigenvalue weighted by Gasteiger charge is 2.30. The lowest BCUT2D eigenvalue weighted by Gasteiger charge is -2.32. The van der Waals surface area contributed by atoms with Gasteiger partial charge in [0, 0.05) is 6.42 Å². The van der Waals surface area contributed by atoms with E-state index in [9.17, 15) is 4.79 Å². The lowest BCUT2D eigenvalue weighted by Crippen LogP contribution is -2.44. The maximum absolute atomic E-state index is 11.7. The Morgan fingerprint density at radius 1 is 1.53 bits per heavy atom. The first-order valence-electron chi connectivity index (χ1n) is 6.88. The zero-order valence-electron chi connectivity index (χ0n) is 11.6. The van der Waals surface area contributed by atoms with Gasteiger partial charge in [-0.1, -0.05) is 18.5 Å². The monoisotopic (exact) mass is 267 g/mol. The van der Waals surface area contributed by atoms with E-state index in [1.807, 2.05) is 0 Å². The molecular formula is C13H21N3O3. The van der Waals surface area contributed by atoms with Crippen LogP contribution < -0.4 is 0 Å². The molecule has 1 saturated heterocycles. The number of methoxy groups -OCH3 is 1. The van der Waals surface area contributed by atoms with Crippen LogP contribution in [0.5, 0.6) is 0 Å². The molecule has 19 heavy (non-hydrogen) atoms. The van der Waals surface area contributed by atoms with Gasteiger partial charge in [0.1, 0.15) is 6.04 Å². The molecule has 6 heteroatoms. The van der Waals surface area contributed by atoms with Gasteiger partial charge in [-0.3, -0.25) is 9.69 Å². The predicted molar refractivity (Wildman–Crippen MR) is 68.4 cm³/mol. The molecule has 106 valence electrons. The van der Waals surface area contributed by atoms with E-state index in [-0.39, 0.29) is 12.0 Å². The Morgan fingerprint density at radius 2 is 2.37 bits per heavy atom. The summed E-state index contributed by atoms with van der Waals surface area (Å²) in [6.07, 6.45) is 4.77. The predicted octanol–water partition coefficient (Wildman–Crippen LogP) is 1.55. The van der Waals surface area contributed by atoms with Gasteiger partial charge in [0.05, 0.1) is 13.7 Å². The van der Waals surface area contributed by atoms with E-state index < -0.39 is 0 Å². The second-order valence-electron chi connectivity index (χ2n) is 4.86. The van der Waals surface area contributed by atoms with Crippen molar-refractivity contribution in [2.24, 2.45) is 0 Å². The highest BCUT2D eigenvalue weighted by molar-refractivity contribution is 5.75. The number of hydrogen-bond acceptors (Lipinski definition) is 6. The molecule has 0 aromatic carbocycles. The van der Waals surface area contributed by atoms with Gasteiger partial charge in [-0.15, -0.1) is 0 Å². The smallest absolute Gasteiger partial charge is 0.323 e. The van der Waals surface area contributed by atoms with Gasteiger partial charge in [-0.25, -0.2) is 0 Å². The van der Waals surface area contributed by atoms with Crippen molar-refractivity contribution in [3.8, 4) is 0 Å². The van der Waals surface area contributed by atoms with Gasteiger partial charge in [0.2, 0.25) is 5.89 Å². The first-order valence-corrected chi connectivity index (χ1v) is 6.88. The average Bonchev–Trinajstić information content (AvgIpc) is 2.86. The van der Waals surface area contributed by atoms with Gasteiger partial charge in [0.25, 0.3) is 0 Å². The molecule has 0 radical (unpaired) electrons. The van der Waals surface area contributed by atoms with Crippen molar-refractivity contribution in [2.45, 2.75) is 51.6 Å². The molecule has 0 amide bonds. The number of ether oxygens (including phenoxy) is 1. The fourth-order valence-corrected chi connectivity index (χ4v) is 2.43. The Bertz CT molecular complexity index is 419. The summed E-state index contributed by atoms with van der Waals surface area (Å²) in [5.41, 5.74) is 0. The second-order valence-corrected chi connectivity index (χ2v) is 4.86.